The van der Waals surface area contributed by atoms with Gasteiger partial charge < -0.3 is 21.1 Å². The average Bonchev–Trinajstić information content (AvgIpc) is 3.17. The molecule has 9 heteroatoms. The number of carbonyl (C=O) groups excluding carboxylic acids is 1. The summed E-state index contributed by atoms with van der Waals surface area (Å²) < 4.78 is 22.1. The Morgan fingerprint density at radius 1 is 0.618 bits per heavy atom. The summed E-state index contributed by atoms with van der Waals surface area (Å²) in [5, 5.41) is 13.7. The third-order valence-electron chi connectivity index (χ3n) is 9.29. The number of carbonyl (C=O) groups is 1. The molecule has 318 valence electrons. The van der Waals surface area contributed by atoms with Crippen molar-refractivity contribution in [2.45, 2.75) is 193 Å². The van der Waals surface area contributed by atoms with Crippen molar-refractivity contribution in [3.05, 3.63) is 72.9 Å². The van der Waals surface area contributed by atoms with Gasteiger partial charge in [0.2, 0.25) is 5.91 Å². The molecular weight excluding hydrogens is 707 g/mol. The molecule has 5 N–H and O–H groups in total. The van der Waals surface area contributed by atoms with Gasteiger partial charge in [-0.25, -0.2) is 4.57 Å². The number of hydrogen-bond acceptors (Lipinski definition) is 6. The van der Waals surface area contributed by atoms with Crippen LogP contribution in [0.2, 0.25) is 0 Å². The zero-order valence-corrected chi connectivity index (χ0v) is 36.0. The van der Waals surface area contributed by atoms with E-state index in [2.05, 4.69) is 79.9 Å². The summed E-state index contributed by atoms with van der Waals surface area (Å²) in [5.74, 6) is -0.228. The largest absolute Gasteiger partial charge is 0.472 e. The lowest BCUT2D eigenvalue weighted by Crippen LogP contribution is -2.45. The van der Waals surface area contributed by atoms with E-state index in [0.29, 0.717) is 12.8 Å². The number of aliphatic hydroxyl groups excluding tert-OH is 1. The highest BCUT2D eigenvalue weighted by atomic mass is 31.2. The molecule has 0 aliphatic rings. The number of aliphatic hydroxyl groups is 1. The molecular formula is C46H83N2O6P. The van der Waals surface area contributed by atoms with Gasteiger partial charge in [0, 0.05) is 13.0 Å². The van der Waals surface area contributed by atoms with E-state index in [1.165, 1.54) is 83.5 Å². The maximum Gasteiger partial charge on any atom is 0.472 e. The zero-order valence-electron chi connectivity index (χ0n) is 35.1. The van der Waals surface area contributed by atoms with E-state index < -0.39 is 20.0 Å². The van der Waals surface area contributed by atoms with Gasteiger partial charge in [0.15, 0.2) is 0 Å². The van der Waals surface area contributed by atoms with E-state index >= 15 is 0 Å². The highest BCUT2D eigenvalue weighted by Crippen LogP contribution is 2.43. The molecule has 3 atom stereocenters. The van der Waals surface area contributed by atoms with Crippen molar-refractivity contribution in [1.82, 2.24) is 5.32 Å². The van der Waals surface area contributed by atoms with Crippen molar-refractivity contribution in [1.29, 1.82) is 0 Å². The smallest absolute Gasteiger partial charge is 0.387 e. The van der Waals surface area contributed by atoms with Crippen LogP contribution < -0.4 is 11.1 Å². The predicted molar refractivity (Wildman–Crippen MR) is 235 cm³/mol. The average molecular weight is 791 g/mol. The summed E-state index contributed by atoms with van der Waals surface area (Å²) in [7, 11) is -4.35. The van der Waals surface area contributed by atoms with Crippen LogP contribution in [0.3, 0.4) is 0 Å². The van der Waals surface area contributed by atoms with E-state index in [1.54, 1.807) is 6.08 Å². The first-order valence-electron chi connectivity index (χ1n) is 22.1. The van der Waals surface area contributed by atoms with Crippen molar-refractivity contribution in [2.75, 3.05) is 19.8 Å². The minimum Gasteiger partial charge on any atom is -0.387 e. The molecule has 55 heavy (non-hydrogen) atoms. The number of rotatable bonds is 40. The first-order valence-corrected chi connectivity index (χ1v) is 23.6. The third kappa shape index (κ3) is 40.0. The maximum absolute atomic E-state index is 12.8. The Labute approximate surface area is 337 Å². The summed E-state index contributed by atoms with van der Waals surface area (Å²) in [5.41, 5.74) is 5.37. The van der Waals surface area contributed by atoms with Crippen LogP contribution in [0.5, 0.6) is 0 Å². The van der Waals surface area contributed by atoms with Gasteiger partial charge in [0.05, 0.1) is 25.4 Å². The van der Waals surface area contributed by atoms with E-state index in [0.717, 1.165) is 70.6 Å². The van der Waals surface area contributed by atoms with E-state index in [-0.39, 0.29) is 25.7 Å². The van der Waals surface area contributed by atoms with Crippen LogP contribution in [0.1, 0.15) is 181 Å². The molecule has 0 fully saturated rings. The molecule has 0 bridgehead atoms. The van der Waals surface area contributed by atoms with Crippen LogP contribution in [-0.4, -0.2) is 47.8 Å². The van der Waals surface area contributed by atoms with E-state index in [9.17, 15) is 19.4 Å². The number of phosphoric acid groups is 1. The monoisotopic (exact) mass is 791 g/mol. The van der Waals surface area contributed by atoms with Crippen LogP contribution in [0.25, 0.3) is 0 Å². The highest BCUT2D eigenvalue weighted by molar-refractivity contribution is 7.47. The van der Waals surface area contributed by atoms with Crippen molar-refractivity contribution in [3.8, 4) is 0 Å². The molecule has 0 rings (SSSR count). The van der Waals surface area contributed by atoms with Crippen molar-refractivity contribution < 1.29 is 28.4 Å². The van der Waals surface area contributed by atoms with Crippen molar-refractivity contribution in [2.24, 2.45) is 5.73 Å². The normalized spacial score (nSPS) is 14.8. The molecule has 0 aliphatic carbocycles. The Kier molecular flexibility index (Phi) is 40.0. The van der Waals surface area contributed by atoms with E-state index in [1.807, 2.05) is 6.08 Å². The van der Waals surface area contributed by atoms with Crippen LogP contribution >= 0.6 is 7.82 Å². The first kappa shape index (κ1) is 52.9. The summed E-state index contributed by atoms with van der Waals surface area (Å²) in [4.78, 5) is 22.7. The second kappa shape index (κ2) is 41.6. The number of amides is 1. The number of allylic oxidation sites excluding steroid dienone is 11. The fourth-order valence-electron chi connectivity index (χ4n) is 5.98. The molecule has 0 aliphatic heterocycles. The van der Waals surface area contributed by atoms with Gasteiger partial charge in [0.25, 0.3) is 0 Å². The Morgan fingerprint density at radius 2 is 1.05 bits per heavy atom. The number of nitrogens with two attached hydrogens (primary N) is 1. The van der Waals surface area contributed by atoms with Crippen LogP contribution in [0.4, 0.5) is 0 Å². The minimum absolute atomic E-state index is 0.0693. The number of unbranched alkanes of at least 4 members (excludes halogenated alkanes) is 18. The van der Waals surface area contributed by atoms with Crippen LogP contribution in [0, 0.1) is 0 Å². The SMILES string of the molecule is CC/C=C\C/C=C\C/C=C\C/C=C\C/C=C\CCCCCC(=O)NC(COP(=O)(O)OCCN)C(O)/C=C/CCCCCCCCCCCCCCCCC. The Bertz CT molecular complexity index is 1090. The molecule has 0 saturated carbocycles. The van der Waals surface area contributed by atoms with Crippen LogP contribution in [-0.2, 0) is 18.4 Å². The quantitative estimate of drug-likeness (QED) is 0.0276. The molecule has 0 aromatic heterocycles. The lowest BCUT2D eigenvalue weighted by molar-refractivity contribution is -0.123. The minimum atomic E-state index is -4.35. The second-order valence-corrected chi connectivity index (χ2v) is 16.0. The fraction of sp³-hybridized carbons (Fsp3) is 0.717. The number of hydrogen-bond donors (Lipinski definition) is 4. The summed E-state index contributed by atoms with van der Waals surface area (Å²) in [6.45, 7) is 3.99. The van der Waals surface area contributed by atoms with Crippen molar-refractivity contribution >= 4 is 13.7 Å². The predicted octanol–water partition coefficient (Wildman–Crippen LogP) is 12.4. The maximum atomic E-state index is 12.8. The molecule has 0 radical (unpaired) electrons. The van der Waals surface area contributed by atoms with Gasteiger partial charge in [-0.05, 0) is 64.2 Å². The third-order valence-corrected chi connectivity index (χ3v) is 10.3. The lowest BCUT2D eigenvalue weighted by atomic mass is 10.0. The summed E-state index contributed by atoms with van der Waals surface area (Å²) in [6.07, 6.45) is 53.8. The second-order valence-electron chi connectivity index (χ2n) is 14.5. The van der Waals surface area contributed by atoms with Crippen LogP contribution in [0.15, 0.2) is 72.9 Å². The summed E-state index contributed by atoms with van der Waals surface area (Å²) in [6, 6.07) is -0.881. The Morgan fingerprint density at radius 3 is 1.55 bits per heavy atom. The van der Waals surface area contributed by atoms with Gasteiger partial charge >= 0.3 is 7.82 Å². The van der Waals surface area contributed by atoms with Gasteiger partial charge in [-0.3, -0.25) is 13.8 Å². The summed E-state index contributed by atoms with van der Waals surface area (Å²) >= 11 is 0. The molecule has 0 aromatic carbocycles. The molecule has 1 amide bonds. The molecule has 0 aromatic rings. The Hall–Kier alpha value is -2.06. The van der Waals surface area contributed by atoms with Gasteiger partial charge in [-0.1, -0.05) is 183 Å². The molecule has 8 nitrogen and oxygen atoms in total. The van der Waals surface area contributed by atoms with Gasteiger partial charge in [-0.15, -0.1) is 0 Å². The molecule has 0 heterocycles. The zero-order chi connectivity index (χ0) is 40.3. The molecule has 3 unspecified atom stereocenters. The van der Waals surface area contributed by atoms with Gasteiger partial charge in [-0.2, -0.15) is 0 Å². The topological polar surface area (TPSA) is 131 Å². The highest BCUT2D eigenvalue weighted by Gasteiger charge is 2.26. The fourth-order valence-corrected chi connectivity index (χ4v) is 6.74. The first-order chi connectivity index (χ1) is 26.9. The van der Waals surface area contributed by atoms with E-state index in [4.69, 9.17) is 14.8 Å². The Balaban J connectivity index is 4.30. The lowest BCUT2D eigenvalue weighted by Gasteiger charge is -2.23. The molecule has 0 saturated heterocycles. The van der Waals surface area contributed by atoms with Crippen molar-refractivity contribution in [3.63, 3.8) is 0 Å². The standard InChI is InChI=1S/C46H83N2O6P/c1-3-5-7-9-11-13-15-17-19-21-22-24-26-28-30-32-34-36-38-40-46(50)48-44(43-54-55(51,52)53-42-41-47)45(49)39-37-35-33-31-29-27-25-23-20-18-16-14-12-10-8-6-4-2/h5,7,11,13,17,19,22,24,28,30,37,39,44-45,49H,3-4,6,8-10,12,14-16,18,20-21,23,25-27,29,31-36,38,40-43,47H2,1-2H3,(H,48,50)(H,51,52)/b7-5-,13-11-,19-17-,24-22-,30-28-,39-37+. The number of nitrogens with one attached hydrogen (secondary N) is 1. The molecule has 0 spiro atoms. The van der Waals surface area contributed by atoms with Gasteiger partial charge in [0.1, 0.15) is 0 Å². The number of phosphoric ester groups is 1.